The molecule has 1 aromatic carbocycles. The predicted octanol–water partition coefficient (Wildman–Crippen LogP) is 0.894. The van der Waals surface area contributed by atoms with Gasteiger partial charge in [0.15, 0.2) is 5.69 Å². The summed E-state index contributed by atoms with van der Waals surface area (Å²) in [5.74, 6) is -0.259. The van der Waals surface area contributed by atoms with E-state index in [1.165, 1.54) is 4.68 Å². The van der Waals surface area contributed by atoms with Crippen molar-refractivity contribution in [3.8, 4) is 5.75 Å². The van der Waals surface area contributed by atoms with Crippen molar-refractivity contribution >= 4 is 17.5 Å². The molecular formula is C14H17N5O3. The lowest BCUT2D eigenvalue weighted by Crippen LogP contribution is -2.25. The number of nitrogens with two attached hydrogens (primary N) is 1. The van der Waals surface area contributed by atoms with Crippen LogP contribution in [0.25, 0.3) is 0 Å². The lowest BCUT2D eigenvalue weighted by atomic mass is 10.2. The smallest absolute Gasteiger partial charge is 0.271 e. The first-order valence-electron chi connectivity index (χ1n) is 6.60. The Bertz CT molecular complexity index is 693. The van der Waals surface area contributed by atoms with Gasteiger partial charge in [0.2, 0.25) is 5.91 Å². The van der Waals surface area contributed by atoms with Crippen molar-refractivity contribution in [2.45, 2.75) is 19.9 Å². The van der Waals surface area contributed by atoms with Gasteiger partial charge in [-0.3, -0.25) is 9.59 Å². The van der Waals surface area contributed by atoms with Crippen molar-refractivity contribution < 1.29 is 14.3 Å². The average Bonchev–Trinajstić information content (AvgIpc) is 2.89. The monoisotopic (exact) mass is 303 g/mol. The molecule has 2 amide bonds. The third-order valence-corrected chi connectivity index (χ3v) is 3.26. The van der Waals surface area contributed by atoms with Crippen LogP contribution in [0.1, 0.15) is 29.1 Å². The van der Waals surface area contributed by atoms with E-state index in [-0.39, 0.29) is 11.6 Å². The number of amides is 2. The molecule has 0 spiro atoms. The first-order chi connectivity index (χ1) is 10.4. The van der Waals surface area contributed by atoms with Gasteiger partial charge in [0.05, 0.1) is 12.8 Å². The molecule has 1 atom stereocenters. The molecule has 3 N–H and O–H groups in total. The zero-order chi connectivity index (χ0) is 16.3. The third kappa shape index (κ3) is 3.05. The van der Waals surface area contributed by atoms with Crippen LogP contribution in [-0.4, -0.2) is 33.9 Å². The summed E-state index contributed by atoms with van der Waals surface area (Å²) in [6.45, 7) is 3.29. The molecule has 0 aliphatic rings. The Balaban J connectivity index is 2.13. The van der Waals surface area contributed by atoms with Crippen LogP contribution in [0, 0.1) is 6.92 Å². The minimum absolute atomic E-state index is 0.0593. The van der Waals surface area contributed by atoms with Crippen molar-refractivity contribution in [1.29, 1.82) is 0 Å². The highest BCUT2D eigenvalue weighted by atomic mass is 16.5. The highest BCUT2D eigenvalue weighted by molar-refractivity contribution is 5.94. The number of rotatable bonds is 5. The van der Waals surface area contributed by atoms with Crippen molar-refractivity contribution in [3.63, 3.8) is 0 Å². The number of hydrogen-bond donors (Lipinski definition) is 2. The lowest BCUT2D eigenvalue weighted by molar-refractivity contribution is -0.119. The van der Waals surface area contributed by atoms with E-state index in [4.69, 9.17) is 10.5 Å². The number of benzene rings is 1. The first kappa shape index (κ1) is 15.5. The van der Waals surface area contributed by atoms with Crippen LogP contribution in [-0.2, 0) is 4.79 Å². The molecule has 0 aliphatic carbocycles. The Kier molecular flexibility index (Phi) is 4.40. The highest BCUT2D eigenvalue weighted by Crippen LogP contribution is 2.17. The number of primary amides is 1. The van der Waals surface area contributed by atoms with Gasteiger partial charge in [-0.15, -0.1) is 5.10 Å². The number of methoxy groups -OCH3 is 1. The van der Waals surface area contributed by atoms with E-state index in [1.54, 1.807) is 45.2 Å². The number of carbonyl (C=O) groups is 2. The zero-order valence-electron chi connectivity index (χ0n) is 12.5. The van der Waals surface area contributed by atoms with E-state index in [1.807, 2.05) is 0 Å². The molecule has 1 aromatic heterocycles. The second-order valence-corrected chi connectivity index (χ2v) is 4.73. The van der Waals surface area contributed by atoms with Gasteiger partial charge in [0.25, 0.3) is 5.91 Å². The molecule has 0 radical (unpaired) electrons. The van der Waals surface area contributed by atoms with E-state index >= 15 is 0 Å². The van der Waals surface area contributed by atoms with E-state index in [2.05, 4.69) is 15.6 Å². The summed E-state index contributed by atoms with van der Waals surface area (Å²) in [6, 6.07) is 6.31. The Hall–Kier alpha value is -2.90. The molecule has 1 heterocycles. The van der Waals surface area contributed by atoms with Crippen LogP contribution in [0.3, 0.4) is 0 Å². The van der Waals surface area contributed by atoms with Gasteiger partial charge in [-0.2, -0.15) is 0 Å². The molecule has 0 saturated heterocycles. The Morgan fingerprint density at radius 2 is 1.95 bits per heavy atom. The standard InChI is InChI=1S/C14H17N5O3/c1-8-12(13(15)20)17-18-19(8)9(2)14(21)16-10-4-6-11(22-3)7-5-10/h4-7,9H,1-3H3,(H2,15,20)(H,16,21). The molecule has 22 heavy (non-hydrogen) atoms. The maximum absolute atomic E-state index is 12.3. The summed E-state index contributed by atoms with van der Waals surface area (Å²) in [6.07, 6.45) is 0. The molecule has 1 unspecified atom stereocenters. The molecule has 2 aromatic rings. The van der Waals surface area contributed by atoms with Gasteiger partial charge in [0, 0.05) is 5.69 Å². The summed E-state index contributed by atoms with van der Waals surface area (Å²) in [4.78, 5) is 23.4. The van der Waals surface area contributed by atoms with Crippen LogP contribution in [0.2, 0.25) is 0 Å². The summed E-state index contributed by atoms with van der Waals surface area (Å²) < 4.78 is 6.41. The largest absolute Gasteiger partial charge is 0.497 e. The maximum atomic E-state index is 12.3. The third-order valence-electron chi connectivity index (χ3n) is 3.26. The normalized spacial score (nSPS) is 11.8. The van der Waals surface area contributed by atoms with Crippen molar-refractivity contribution in [1.82, 2.24) is 15.0 Å². The zero-order valence-corrected chi connectivity index (χ0v) is 12.5. The summed E-state index contributed by atoms with van der Waals surface area (Å²) in [7, 11) is 1.57. The molecule has 0 aliphatic heterocycles. The molecule has 116 valence electrons. The van der Waals surface area contributed by atoms with Crippen LogP contribution < -0.4 is 15.8 Å². The second-order valence-electron chi connectivity index (χ2n) is 4.73. The highest BCUT2D eigenvalue weighted by Gasteiger charge is 2.22. The minimum atomic E-state index is -0.675. The van der Waals surface area contributed by atoms with E-state index < -0.39 is 11.9 Å². The van der Waals surface area contributed by atoms with Gasteiger partial charge in [-0.05, 0) is 38.1 Å². The van der Waals surface area contributed by atoms with Crippen LogP contribution >= 0.6 is 0 Å². The Morgan fingerprint density at radius 1 is 1.32 bits per heavy atom. The number of nitrogens with zero attached hydrogens (tertiary/aromatic N) is 3. The van der Waals surface area contributed by atoms with Crippen molar-refractivity contribution in [2.75, 3.05) is 12.4 Å². The quantitative estimate of drug-likeness (QED) is 0.852. The number of nitrogens with one attached hydrogen (secondary N) is 1. The Morgan fingerprint density at radius 3 is 2.45 bits per heavy atom. The molecule has 0 saturated carbocycles. The molecule has 0 fully saturated rings. The molecule has 2 rings (SSSR count). The summed E-state index contributed by atoms with van der Waals surface area (Å²) >= 11 is 0. The molecule has 8 nitrogen and oxygen atoms in total. The van der Waals surface area contributed by atoms with E-state index in [0.717, 1.165) is 0 Å². The topological polar surface area (TPSA) is 112 Å². The van der Waals surface area contributed by atoms with Gasteiger partial charge >= 0.3 is 0 Å². The summed E-state index contributed by atoms with van der Waals surface area (Å²) in [5, 5.41) is 10.3. The maximum Gasteiger partial charge on any atom is 0.271 e. The second kappa shape index (κ2) is 6.25. The molecule has 8 heteroatoms. The minimum Gasteiger partial charge on any atom is -0.497 e. The number of carbonyl (C=O) groups excluding carboxylic acids is 2. The van der Waals surface area contributed by atoms with Crippen LogP contribution in [0.4, 0.5) is 5.69 Å². The average molecular weight is 303 g/mol. The number of ether oxygens (including phenoxy) is 1. The van der Waals surface area contributed by atoms with Gasteiger partial charge in [-0.25, -0.2) is 4.68 Å². The van der Waals surface area contributed by atoms with Crippen LogP contribution in [0.15, 0.2) is 24.3 Å². The fourth-order valence-electron chi connectivity index (χ4n) is 1.97. The summed E-state index contributed by atoms with van der Waals surface area (Å²) in [5.41, 5.74) is 6.33. The first-order valence-corrected chi connectivity index (χ1v) is 6.60. The molecule has 0 bridgehead atoms. The van der Waals surface area contributed by atoms with Gasteiger partial charge in [-0.1, -0.05) is 5.21 Å². The number of hydrogen-bond acceptors (Lipinski definition) is 5. The number of aromatic nitrogens is 3. The van der Waals surface area contributed by atoms with E-state index in [9.17, 15) is 9.59 Å². The van der Waals surface area contributed by atoms with Crippen molar-refractivity contribution in [2.24, 2.45) is 5.73 Å². The SMILES string of the molecule is COc1ccc(NC(=O)C(C)n2nnc(C(N)=O)c2C)cc1. The van der Waals surface area contributed by atoms with Crippen LogP contribution in [0.5, 0.6) is 5.75 Å². The predicted molar refractivity (Wildman–Crippen MR) is 79.6 cm³/mol. The molecular weight excluding hydrogens is 286 g/mol. The lowest BCUT2D eigenvalue weighted by Gasteiger charge is -2.14. The van der Waals surface area contributed by atoms with Gasteiger partial charge in [0.1, 0.15) is 11.8 Å². The Labute approximate surface area is 127 Å². The van der Waals surface area contributed by atoms with Gasteiger partial charge < -0.3 is 15.8 Å². The van der Waals surface area contributed by atoms with Crippen molar-refractivity contribution in [3.05, 3.63) is 35.7 Å². The number of anilines is 1. The van der Waals surface area contributed by atoms with E-state index in [0.29, 0.717) is 17.1 Å². The fourth-order valence-corrected chi connectivity index (χ4v) is 1.97. The fraction of sp³-hybridized carbons (Fsp3) is 0.286.